The lowest BCUT2D eigenvalue weighted by Gasteiger charge is -2.40. The summed E-state index contributed by atoms with van der Waals surface area (Å²) in [5.74, 6) is 3.04. The third-order valence-electron chi connectivity index (χ3n) is 6.81. The molecule has 0 amide bonds. The maximum atomic E-state index is 13.8. The van der Waals surface area contributed by atoms with E-state index in [0.29, 0.717) is 11.3 Å². The van der Waals surface area contributed by atoms with Gasteiger partial charge in [-0.05, 0) is 29.3 Å². The van der Waals surface area contributed by atoms with E-state index in [0.717, 1.165) is 23.8 Å². The molecular formula is C33H31FNO5P. The number of aliphatic carboxylic acids is 1. The van der Waals surface area contributed by atoms with Crippen LogP contribution in [-0.2, 0) is 25.9 Å². The molecule has 3 aromatic carbocycles. The predicted octanol–water partition coefficient (Wildman–Crippen LogP) is 6.59. The summed E-state index contributed by atoms with van der Waals surface area (Å²) in [7, 11) is -2.46. The molecule has 0 saturated carbocycles. The quantitative estimate of drug-likeness (QED) is 0.174. The normalized spacial score (nSPS) is 14.8. The summed E-state index contributed by atoms with van der Waals surface area (Å²) in [6, 6.07) is 27.4. The molecule has 0 saturated heterocycles. The van der Waals surface area contributed by atoms with E-state index in [2.05, 4.69) is 11.8 Å². The summed E-state index contributed by atoms with van der Waals surface area (Å²) < 4.78 is 32.6. The fourth-order valence-corrected chi connectivity index (χ4v) is 5.92. The van der Waals surface area contributed by atoms with Gasteiger partial charge in [-0.2, -0.15) is 0 Å². The number of pyridine rings is 1. The van der Waals surface area contributed by atoms with E-state index in [-0.39, 0.29) is 18.0 Å². The van der Waals surface area contributed by atoms with Crippen LogP contribution in [0.1, 0.15) is 25.1 Å². The largest absolute Gasteiger partial charge is 0.480 e. The number of carboxylic acids is 1. The molecule has 0 radical (unpaired) electrons. The molecule has 0 aliphatic carbocycles. The zero-order valence-corrected chi connectivity index (χ0v) is 24.0. The number of rotatable bonds is 9. The Kier molecular flexibility index (Phi) is 9.20. The molecule has 0 spiro atoms. The van der Waals surface area contributed by atoms with Crippen LogP contribution in [0.4, 0.5) is 4.39 Å². The van der Waals surface area contributed by atoms with Gasteiger partial charge in [-0.1, -0.05) is 105 Å². The Hall–Kier alpha value is -4.08. The van der Waals surface area contributed by atoms with Crippen molar-refractivity contribution in [2.75, 3.05) is 7.11 Å². The summed E-state index contributed by atoms with van der Waals surface area (Å²) in [6.45, 7) is 3.51. The number of hydrogen-bond donors (Lipinski definition) is 2. The van der Waals surface area contributed by atoms with E-state index in [1.165, 1.54) is 30.3 Å². The molecule has 3 unspecified atom stereocenters. The van der Waals surface area contributed by atoms with Gasteiger partial charge in [-0.3, -0.25) is 4.57 Å². The lowest BCUT2D eigenvalue weighted by Crippen LogP contribution is -2.56. The van der Waals surface area contributed by atoms with Gasteiger partial charge in [0.05, 0.1) is 11.4 Å². The summed E-state index contributed by atoms with van der Waals surface area (Å²) in [5, 5.41) is 20.7. The molecule has 0 fully saturated rings. The lowest BCUT2D eigenvalue weighted by atomic mass is 9.77. The van der Waals surface area contributed by atoms with Crippen LogP contribution >= 0.6 is 8.03 Å². The van der Waals surface area contributed by atoms with Crippen LogP contribution in [0.5, 0.6) is 0 Å². The number of nitrogens with zero attached hydrogens (tertiary/aromatic N) is 1. The number of carboxylic acid groups (broad SMARTS) is 1. The molecule has 0 aliphatic rings. The van der Waals surface area contributed by atoms with Crippen LogP contribution in [0.3, 0.4) is 0 Å². The van der Waals surface area contributed by atoms with Gasteiger partial charge >= 0.3 is 5.97 Å². The first kappa shape index (κ1) is 29.9. The zero-order chi connectivity index (χ0) is 29.6. The second-order valence-electron chi connectivity index (χ2n) is 9.96. The Morgan fingerprint density at radius 2 is 1.54 bits per heavy atom. The van der Waals surface area contributed by atoms with Gasteiger partial charge < -0.3 is 14.7 Å². The van der Waals surface area contributed by atoms with Crippen molar-refractivity contribution >= 4 is 14.0 Å². The highest BCUT2D eigenvalue weighted by atomic mass is 31.1. The first-order chi connectivity index (χ1) is 19.6. The standard InChI is InChI=1S/C33H31FNO5P/c1-23(2)20-21-33(31(36)37,41(39)40-3)32(38,22-24-14-16-27(34)17-15-24)29-19-18-28(25-10-6-4-7-11-25)30(35-29)26-12-8-5-9-13-26/h4-19,23,38,41H,22H2,1-3H3,(H,36,37). The van der Waals surface area contributed by atoms with Gasteiger partial charge in [0.15, 0.2) is 0 Å². The third kappa shape index (κ3) is 6.01. The van der Waals surface area contributed by atoms with E-state index >= 15 is 0 Å². The van der Waals surface area contributed by atoms with Crippen molar-refractivity contribution in [3.8, 4) is 34.2 Å². The highest BCUT2D eigenvalue weighted by Gasteiger charge is 2.62. The van der Waals surface area contributed by atoms with Gasteiger partial charge in [0, 0.05) is 30.6 Å². The Balaban J connectivity index is 2.08. The van der Waals surface area contributed by atoms with Gasteiger partial charge in [-0.25, -0.2) is 14.2 Å². The molecule has 4 rings (SSSR count). The number of benzene rings is 3. The van der Waals surface area contributed by atoms with E-state index in [9.17, 15) is 24.0 Å². The van der Waals surface area contributed by atoms with Crippen molar-refractivity contribution in [3.05, 3.63) is 114 Å². The molecule has 41 heavy (non-hydrogen) atoms. The minimum absolute atomic E-state index is 0.0591. The van der Waals surface area contributed by atoms with E-state index in [1.54, 1.807) is 19.9 Å². The number of aromatic nitrogens is 1. The average molecular weight is 572 g/mol. The highest BCUT2D eigenvalue weighted by Crippen LogP contribution is 2.53. The number of halogens is 1. The smallest absolute Gasteiger partial charge is 0.335 e. The SMILES string of the molecule is CO[PH](=O)C(C#CC(C)C)(C(=O)O)C(O)(Cc1ccc(F)cc1)c1ccc(-c2ccccc2)c(-c2ccccc2)n1. The number of carbonyl (C=O) groups is 1. The fraction of sp³-hybridized carbons (Fsp3) is 0.212. The predicted molar refractivity (Wildman–Crippen MR) is 158 cm³/mol. The van der Waals surface area contributed by atoms with Gasteiger partial charge in [0.1, 0.15) is 11.4 Å². The molecule has 210 valence electrons. The van der Waals surface area contributed by atoms with Crippen LogP contribution in [0.25, 0.3) is 22.4 Å². The Morgan fingerprint density at radius 3 is 2.07 bits per heavy atom. The summed E-state index contributed by atoms with van der Waals surface area (Å²) in [5.41, 5.74) is 0.707. The van der Waals surface area contributed by atoms with Crippen molar-refractivity contribution in [1.82, 2.24) is 4.98 Å². The summed E-state index contributed by atoms with van der Waals surface area (Å²) in [4.78, 5) is 18.0. The van der Waals surface area contributed by atoms with Crippen LogP contribution in [0.15, 0.2) is 97.1 Å². The van der Waals surface area contributed by atoms with Crippen molar-refractivity contribution < 1.29 is 28.5 Å². The second-order valence-corrected chi connectivity index (χ2v) is 11.7. The molecule has 1 heterocycles. The summed E-state index contributed by atoms with van der Waals surface area (Å²) >= 11 is 0. The number of aliphatic hydroxyl groups is 1. The Bertz CT molecular complexity index is 1600. The van der Waals surface area contributed by atoms with Crippen LogP contribution in [-0.4, -0.2) is 33.4 Å². The zero-order valence-electron chi connectivity index (χ0n) is 23.0. The first-order valence-corrected chi connectivity index (χ1v) is 14.4. The minimum atomic E-state index is -3.58. The van der Waals surface area contributed by atoms with Crippen molar-refractivity contribution in [1.29, 1.82) is 0 Å². The van der Waals surface area contributed by atoms with Gasteiger partial charge in [-0.15, -0.1) is 0 Å². The fourth-order valence-electron chi connectivity index (χ4n) is 4.72. The van der Waals surface area contributed by atoms with Gasteiger partial charge in [0.2, 0.25) is 13.2 Å². The Morgan fingerprint density at radius 1 is 0.951 bits per heavy atom. The first-order valence-electron chi connectivity index (χ1n) is 13.1. The highest BCUT2D eigenvalue weighted by molar-refractivity contribution is 7.43. The van der Waals surface area contributed by atoms with E-state index in [4.69, 9.17) is 9.51 Å². The molecule has 8 heteroatoms. The van der Waals surface area contributed by atoms with Crippen molar-refractivity contribution in [2.45, 2.75) is 31.0 Å². The van der Waals surface area contributed by atoms with Crippen LogP contribution in [0.2, 0.25) is 0 Å². The third-order valence-corrected chi connectivity index (χ3v) is 8.54. The van der Waals surface area contributed by atoms with Crippen LogP contribution < -0.4 is 0 Å². The maximum absolute atomic E-state index is 13.8. The lowest BCUT2D eigenvalue weighted by molar-refractivity contribution is -0.146. The average Bonchev–Trinajstić information content (AvgIpc) is 2.98. The molecule has 6 nitrogen and oxygen atoms in total. The number of hydrogen-bond acceptors (Lipinski definition) is 5. The van der Waals surface area contributed by atoms with Crippen LogP contribution in [0, 0.1) is 23.6 Å². The molecule has 0 bridgehead atoms. The monoisotopic (exact) mass is 571 g/mol. The molecule has 1 aromatic heterocycles. The molecule has 3 atom stereocenters. The molecule has 0 aliphatic heterocycles. The van der Waals surface area contributed by atoms with E-state index in [1.807, 2.05) is 60.7 Å². The second kappa shape index (κ2) is 12.6. The van der Waals surface area contributed by atoms with E-state index < -0.39 is 30.6 Å². The van der Waals surface area contributed by atoms with Gasteiger partial charge in [0.25, 0.3) is 0 Å². The topological polar surface area (TPSA) is 96.7 Å². The molecule has 4 aromatic rings. The maximum Gasteiger partial charge on any atom is 0.335 e. The molecule has 2 N–H and O–H groups in total. The minimum Gasteiger partial charge on any atom is -0.480 e. The van der Waals surface area contributed by atoms with Crippen molar-refractivity contribution in [2.24, 2.45) is 5.92 Å². The Labute approximate surface area is 239 Å². The summed E-state index contributed by atoms with van der Waals surface area (Å²) in [6.07, 6.45) is -0.377. The molecular weight excluding hydrogens is 540 g/mol. The van der Waals surface area contributed by atoms with Crippen molar-refractivity contribution in [3.63, 3.8) is 0 Å².